The summed E-state index contributed by atoms with van der Waals surface area (Å²) in [5, 5.41) is 0. The molecule has 27 heavy (non-hydrogen) atoms. The lowest BCUT2D eigenvalue weighted by atomic mass is 9.85. The molecular formula is C20H23N3O2S2. The van der Waals surface area contributed by atoms with Crippen LogP contribution in [0.2, 0.25) is 0 Å². The number of para-hydroxylation sites is 1. The molecule has 0 spiro atoms. The quantitative estimate of drug-likeness (QED) is 0.419. The molecule has 0 aliphatic carbocycles. The fourth-order valence-corrected chi connectivity index (χ4v) is 4.57. The highest BCUT2D eigenvalue weighted by atomic mass is 32.2. The van der Waals surface area contributed by atoms with Crippen molar-refractivity contribution in [3.63, 3.8) is 0 Å². The fraction of sp³-hybridized carbons (Fsp3) is 0.300. The Morgan fingerprint density at radius 3 is 2.74 bits per heavy atom. The summed E-state index contributed by atoms with van der Waals surface area (Å²) in [5.74, 6) is 1.96. The van der Waals surface area contributed by atoms with Crippen molar-refractivity contribution >= 4 is 39.2 Å². The number of hydrogen-bond donors (Lipinski definition) is 2. The van der Waals surface area contributed by atoms with Crippen molar-refractivity contribution in [1.82, 2.24) is 15.8 Å². The number of amides is 1. The molecule has 0 aliphatic rings. The lowest BCUT2D eigenvalue weighted by Crippen LogP contribution is -2.39. The zero-order chi connectivity index (χ0) is 19.4. The summed E-state index contributed by atoms with van der Waals surface area (Å²) < 4.78 is 7.74. The highest BCUT2D eigenvalue weighted by molar-refractivity contribution is 8.01. The van der Waals surface area contributed by atoms with E-state index in [-0.39, 0.29) is 11.3 Å². The van der Waals surface area contributed by atoms with Crippen LogP contribution in [0.1, 0.15) is 31.8 Å². The second-order valence-electron chi connectivity index (χ2n) is 6.98. The number of hydrogen-bond acceptors (Lipinski definition) is 6. The Labute approximate surface area is 167 Å². The Morgan fingerprint density at radius 1 is 1.26 bits per heavy atom. The van der Waals surface area contributed by atoms with Gasteiger partial charge in [-0.3, -0.25) is 10.2 Å². The zero-order valence-corrected chi connectivity index (χ0v) is 17.3. The van der Waals surface area contributed by atoms with E-state index < -0.39 is 0 Å². The van der Waals surface area contributed by atoms with Gasteiger partial charge in [-0.15, -0.1) is 11.3 Å². The number of rotatable bonds is 8. The molecule has 0 atom stereocenters. The molecule has 0 bridgehead atoms. The fourth-order valence-electron chi connectivity index (χ4n) is 2.70. The molecule has 2 aromatic heterocycles. The predicted octanol–water partition coefficient (Wildman–Crippen LogP) is 4.79. The van der Waals surface area contributed by atoms with Crippen molar-refractivity contribution in [2.45, 2.75) is 36.9 Å². The number of allylic oxidation sites excluding steroid dienone is 1. The van der Waals surface area contributed by atoms with Crippen molar-refractivity contribution in [2.75, 3.05) is 5.75 Å². The van der Waals surface area contributed by atoms with Gasteiger partial charge in [0, 0.05) is 17.5 Å². The average molecular weight is 402 g/mol. The number of fused-ring (bicyclic) bond motifs is 1. The molecule has 0 radical (unpaired) electrons. The number of nitrogens with zero attached hydrogens (tertiary/aromatic N) is 1. The van der Waals surface area contributed by atoms with Crippen LogP contribution in [-0.4, -0.2) is 16.6 Å². The monoisotopic (exact) mass is 401 g/mol. The number of hydrazine groups is 1. The summed E-state index contributed by atoms with van der Waals surface area (Å²) in [6.45, 7) is 10.1. The van der Waals surface area contributed by atoms with Gasteiger partial charge >= 0.3 is 0 Å². The van der Waals surface area contributed by atoms with E-state index in [1.165, 1.54) is 11.8 Å². The van der Waals surface area contributed by atoms with Gasteiger partial charge < -0.3 is 9.84 Å². The molecule has 3 aromatic rings. The van der Waals surface area contributed by atoms with Crippen LogP contribution in [0.5, 0.6) is 0 Å². The molecule has 142 valence electrons. The molecule has 0 aliphatic heterocycles. The molecule has 3 rings (SSSR count). The SMILES string of the molecule is C=C(CC(C)(C)c1ccc(C)o1)NNC(=O)CSc1nc2ccccc2s1. The molecule has 2 heterocycles. The second kappa shape index (κ2) is 8.19. The Morgan fingerprint density at radius 2 is 2.04 bits per heavy atom. The number of furan rings is 1. The molecule has 0 fully saturated rings. The first-order chi connectivity index (χ1) is 12.8. The molecule has 7 heteroatoms. The molecule has 1 amide bonds. The first-order valence-electron chi connectivity index (χ1n) is 8.61. The van der Waals surface area contributed by atoms with Crippen molar-refractivity contribution in [2.24, 2.45) is 0 Å². The van der Waals surface area contributed by atoms with E-state index in [0.29, 0.717) is 12.2 Å². The molecule has 5 nitrogen and oxygen atoms in total. The largest absolute Gasteiger partial charge is 0.466 e. The van der Waals surface area contributed by atoms with Crippen LogP contribution in [-0.2, 0) is 10.2 Å². The van der Waals surface area contributed by atoms with Gasteiger partial charge in [0.05, 0.1) is 16.0 Å². The summed E-state index contributed by atoms with van der Waals surface area (Å²) in [6, 6.07) is 11.9. The normalized spacial score (nSPS) is 11.5. The number of aromatic nitrogens is 1. The third-order valence-corrected chi connectivity index (χ3v) is 6.22. The van der Waals surface area contributed by atoms with E-state index in [0.717, 1.165) is 31.8 Å². The van der Waals surface area contributed by atoms with E-state index in [1.54, 1.807) is 11.3 Å². The number of nitrogens with one attached hydrogen (secondary N) is 2. The summed E-state index contributed by atoms with van der Waals surface area (Å²) >= 11 is 3.02. The van der Waals surface area contributed by atoms with Gasteiger partial charge in [0.1, 0.15) is 11.5 Å². The highest BCUT2D eigenvalue weighted by Crippen LogP contribution is 2.31. The maximum atomic E-state index is 12.1. The van der Waals surface area contributed by atoms with Gasteiger partial charge in [0.15, 0.2) is 4.34 Å². The van der Waals surface area contributed by atoms with Crippen LogP contribution in [0.15, 0.2) is 57.4 Å². The van der Waals surface area contributed by atoms with Crippen LogP contribution >= 0.6 is 23.1 Å². The minimum absolute atomic E-state index is 0.118. The van der Waals surface area contributed by atoms with Gasteiger partial charge in [-0.2, -0.15) is 0 Å². The highest BCUT2D eigenvalue weighted by Gasteiger charge is 2.25. The first kappa shape index (κ1) is 19.5. The first-order valence-corrected chi connectivity index (χ1v) is 10.4. The Bertz CT molecular complexity index is 926. The van der Waals surface area contributed by atoms with Crippen LogP contribution in [0.3, 0.4) is 0 Å². The molecule has 0 unspecified atom stereocenters. The Hall–Kier alpha value is -2.25. The smallest absolute Gasteiger partial charge is 0.248 e. The molecular weight excluding hydrogens is 378 g/mol. The van der Waals surface area contributed by atoms with E-state index in [2.05, 4.69) is 36.3 Å². The number of carbonyl (C=O) groups excluding carboxylic acids is 1. The number of aryl methyl sites for hydroxylation is 1. The number of thiazole rings is 1. The van der Waals surface area contributed by atoms with Crippen LogP contribution in [0, 0.1) is 6.92 Å². The van der Waals surface area contributed by atoms with E-state index >= 15 is 0 Å². The maximum absolute atomic E-state index is 12.1. The maximum Gasteiger partial charge on any atom is 0.248 e. The lowest BCUT2D eigenvalue weighted by molar-refractivity contribution is -0.119. The second-order valence-corrected chi connectivity index (χ2v) is 9.24. The van der Waals surface area contributed by atoms with Gasteiger partial charge in [0.25, 0.3) is 0 Å². The topological polar surface area (TPSA) is 67.2 Å². The minimum atomic E-state index is -0.210. The van der Waals surface area contributed by atoms with Gasteiger partial charge in [-0.05, 0) is 31.2 Å². The van der Waals surface area contributed by atoms with Crippen molar-refractivity contribution in [1.29, 1.82) is 0 Å². The average Bonchev–Trinajstić information content (AvgIpc) is 3.24. The molecule has 0 saturated carbocycles. The van der Waals surface area contributed by atoms with Crippen molar-refractivity contribution in [3.05, 3.63) is 60.2 Å². The van der Waals surface area contributed by atoms with Crippen molar-refractivity contribution in [3.8, 4) is 0 Å². The van der Waals surface area contributed by atoms with Gasteiger partial charge in [-0.1, -0.05) is 44.3 Å². The minimum Gasteiger partial charge on any atom is -0.466 e. The van der Waals surface area contributed by atoms with Gasteiger partial charge in [-0.25, -0.2) is 4.98 Å². The lowest BCUT2D eigenvalue weighted by Gasteiger charge is -2.24. The number of thioether (sulfide) groups is 1. The zero-order valence-electron chi connectivity index (χ0n) is 15.7. The summed E-state index contributed by atoms with van der Waals surface area (Å²) in [7, 11) is 0. The third-order valence-electron chi connectivity index (χ3n) is 4.04. The Kier molecular flexibility index (Phi) is 5.92. The Balaban J connectivity index is 1.45. The predicted molar refractivity (Wildman–Crippen MR) is 112 cm³/mol. The third kappa shape index (κ3) is 5.14. The van der Waals surface area contributed by atoms with Crippen LogP contribution < -0.4 is 10.9 Å². The summed E-state index contributed by atoms with van der Waals surface area (Å²) in [5.41, 5.74) is 7.10. The van der Waals surface area contributed by atoms with E-state index in [4.69, 9.17) is 4.42 Å². The van der Waals surface area contributed by atoms with E-state index in [1.807, 2.05) is 43.3 Å². The number of carbonyl (C=O) groups is 1. The van der Waals surface area contributed by atoms with Gasteiger partial charge in [0.2, 0.25) is 5.91 Å². The van der Waals surface area contributed by atoms with Crippen LogP contribution in [0.25, 0.3) is 10.2 Å². The van der Waals surface area contributed by atoms with E-state index in [9.17, 15) is 4.79 Å². The number of benzene rings is 1. The molecule has 2 N–H and O–H groups in total. The standard InChI is InChI=1S/C20H23N3O2S2/c1-13(11-20(3,4)17-10-9-14(2)25-17)22-23-18(24)12-26-19-21-15-7-5-6-8-16(15)27-19/h5-10,22H,1,11-12H2,2-4H3,(H,23,24). The van der Waals surface area contributed by atoms with Crippen LogP contribution in [0.4, 0.5) is 0 Å². The summed E-state index contributed by atoms with van der Waals surface area (Å²) in [4.78, 5) is 16.6. The summed E-state index contributed by atoms with van der Waals surface area (Å²) in [6.07, 6.45) is 0.644. The molecule has 1 aromatic carbocycles. The molecule has 0 saturated heterocycles. The van der Waals surface area contributed by atoms with Crippen molar-refractivity contribution < 1.29 is 9.21 Å².